The van der Waals surface area contributed by atoms with Crippen LogP contribution in [0.25, 0.3) is 0 Å². The summed E-state index contributed by atoms with van der Waals surface area (Å²) < 4.78 is 6.41. The number of carbonyl (C=O) groups excluding carboxylic acids is 1. The first kappa shape index (κ1) is 17.8. The summed E-state index contributed by atoms with van der Waals surface area (Å²) in [6, 6.07) is 4.03. The van der Waals surface area contributed by atoms with Crippen molar-refractivity contribution in [2.45, 2.75) is 62.4 Å². The van der Waals surface area contributed by atoms with Crippen molar-refractivity contribution in [2.24, 2.45) is 23.2 Å². The zero-order valence-corrected chi connectivity index (χ0v) is 17.3. The first-order chi connectivity index (χ1) is 13.6. The molecule has 28 heavy (non-hydrogen) atoms. The molecular formula is C23H30N2O2S. The van der Waals surface area contributed by atoms with Crippen LogP contribution in [0.2, 0.25) is 0 Å². The molecule has 7 rings (SSSR count). The van der Waals surface area contributed by atoms with Crippen molar-refractivity contribution in [2.75, 3.05) is 18.8 Å². The Labute approximate surface area is 171 Å². The van der Waals surface area contributed by atoms with Gasteiger partial charge in [-0.15, -0.1) is 11.8 Å². The Morgan fingerprint density at radius 2 is 1.86 bits per heavy atom. The lowest BCUT2D eigenvalue weighted by Crippen LogP contribution is -2.65. The number of nitrogens with zero attached hydrogens (tertiary/aromatic N) is 2. The molecule has 4 aliphatic carbocycles. The zero-order valence-electron chi connectivity index (χ0n) is 16.5. The van der Waals surface area contributed by atoms with E-state index in [1.807, 2.05) is 24.0 Å². The van der Waals surface area contributed by atoms with Gasteiger partial charge in [0.1, 0.15) is 0 Å². The summed E-state index contributed by atoms with van der Waals surface area (Å²) in [6.07, 6.45) is 12.8. The average Bonchev–Trinajstić information content (AvgIpc) is 3.09. The second-order valence-corrected chi connectivity index (χ2v) is 11.8. The Kier molecular flexibility index (Phi) is 4.10. The van der Waals surface area contributed by atoms with Gasteiger partial charge in [-0.25, -0.2) is 0 Å². The topological polar surface area (TPSA) is 42.4 Å². The van der Waals surface area contributed by atoms with Crippen molar-refractivity contribution < 1.29 is 9.53 Å². The Bertz CT molecular complexity index is 726. The third-order valence-corrected chi connectivity index (χ3v) is 9.70. The van der Waals surface area contributed by atoms with Gasteiger partial charge in [0.25, 0.3) is 0 Å². The van der Waals surface area contributed by atoms with Crippen LogP contribution in [-0.2, 0) is 16.1 Å². The van der Waals surface area contributed by atoms with Crippen LogP contribution in [0.4, 0.5) is 0 Å². The fourth-order valence-electron chi connectivity index (χ4n) is 7.33. The molecule has 150 valence electrons. The second kappa shape index (κ2) is 6.46. The van der Waals surface area contributed by atoms with Crippen molar-refractivity contribution in [3.8, 4) is 0 Å². The van der Waals surface area contributed by atoms with Crippen LogP contribution in [0.5, 0.6) is 0 Å². The molecule has 4 saturated carbocycles. The van der Waals surface area contributed by atoms with Gasteiger partial charge in [-0.05, 0) is 74.3 Å². The zero-order chi connectivity index (χ0) is 18.8. The molecule has 3 heterocycles. The smallest absolute Gasteiger partial charge is 0.228 e. The maximum Gasteiger partial charge on any atom is 0.228 e. The van der Waals surface area contributed by atoms with E-state index in [1.165, 1.54) is 38.5 Å². The van der Waals surface area contributed by atoms with E-state index in [0.717, 1.165) is 48.6 Å². The quantitative estimate of drug-likeness (QED) is 0.771. The first-order valence-electron chi connectivity index (χ1n) is 11.1. The van der Waals surface area contributed by atoms with E-state index < -0.39 is 0 Å². The molecule has 2 saturated heterocycles. The lowest BCUT2D eigenvalue weighted by Gasteiger charge is -2.59. The minimum atomic E-state index is 0.0237. The minimum absolute atomic E-state index is 0.0237. The van der Waals surface area contributed by atoms with Gasteiger partial charge >= 0.3 is 0 Å². The number of carbonyl (C=O) groups is 1. The normalized spacial score (nSPS) is 40.1. The third kappa shape index (κ3) is 2.92. The second-order valence-electron chi connectivity index (χ2n) is 10.4. The van der Waals surface area contributed by atoms with Crippen molar-refractivity contribution >= 4 is 17.7 Å². The highest BCUT2D eigenvalue weighted by molar-refractivity contribution is 8.01. The van der Waals surface area contributed by atoms with Crippen molar-refractivity contribution in [3.05, 3.63) is 30.1 Å². The van der Waals surface area contributed by atoms with Gasteiger partial charge in [0.05, 0.1) is 22.9 Å². The van der Waals surface area contributed by atoms with Gasteiger partial charge in [0, 0.05) is 31.2 Å². The lowest BCUT2D eigenvalue weighted by molar-refractivity contribution is -0.163. The van der Waals surface area contributed by atoms with Crippen LogP contribution in [0, 0.1) is 23.2 Å². The monoisotopic (exact) mass is 398 g/mol. The number of thioether (sulfide) groups is 1. The molecule has 1 atom stereocenters. The maximum atomic E-state index is 13.5. The summed E-state index contributed by atoms with van der Waals surface area (Å²) in [5, 5.41) is 0. The molecule has 0 N–H and O–H groups in total. The molecule has 1 aromatic rings. The predicted molar refractivity (Wildman–Crippen MR) is 110 cm³/mol. The summed E-state index contributed by atoms with van der Waals surface area (Å²) in [6.45, 7) is 2.54. The van der Waals surface area contributed by atoms with Crippen LogP contribution in [0.1, 0.15) is 50.5 Å². The van der Waals surface area contributed by atoms with E-state index in [4.69, 9.17) is 4.74 Å². The molecule has 1 aromatic heterocycles. The van der Waals surface area contributed by atoms with Crippen molar-refractivity contribution in [1.29, 1.82) is 0 Å². The summed E-state index contributed by atoms with van der Waals surface area (Å²) in [7, 11) is 0. The summed E-state index contributed by atoms with van der Waals surface area (Å²) in [4.78, 5) is 19.9. The molecule has 0 radical (unpaired) electrons. The third-order valence-electron chi connectivity index (χ3n) is 8.12. The van der Waals surface area contributed by atoms with Crippen LogP contribution in [-0.4, -0.2) is 45.5 Å². The van der Waals surface area contributed by atoms with Crippen LogP contribution in [0.3, 0.4) is 0 Å². The number of hydrogen-bond acceptors (Lipinski definition) is 4. The highest BCUT2D eigenvalue weighted by atomic mass is 32.2. The number of hydrogen-bond donors (Lipinski definition) is 0. The molecule has 1 spiro atoms. The highest BCUT2D eigenvalue weighted by Crippen LogP contribution is 2.61. The minimum Gasteiger partial charge on any atom is -0.373 e. The van der Waals surface area contributed by atoms with E-state index in [0.29, 0.717) is 18.6 Å². The molecule has 6 fully saturated rings. The van der Waals surface area contributed by atoms with Gasteiger partial charge in [0.15, 0.2) is 0 Å². The summed E-state index contributed by atoms with van der Waals surface area (Å²) >= 11 is 2.04. The molecule has 4 bridgehead atoms. The van der Waals surface area contributed by atoms with E-state index in [2.05, 4.69) is 16.0 Å². The molecule has 4 nitrogen and oxygen atoms in total. The lowest BCUT2D eigenvalue weighted by atomic mass is 9.49. The van der Waals surface area contributed by atoms with E-state index in [9.17, 15) is 4.79 Å². The number of rotatable bonds is 4. The van der Waals surface area contributed by atoms with Gasteiger partial charge in [0.2, 0.25) is 5.91 Å². The van der Waals surface area contributed by atoms with Gasteiger partial charge < -0.3 is 9.64 Å². The summed E-state index contributed by atoms with van der Waals surface area (Å²) in [5.74, 6) is 4.10. The Morgan fingerprint density at radius 3 is 2.50 bits per heavy atom. The van der Waals surface area contributed by atoms with E-state index >= 15 is 0 Å². The van der Waals surface area contributed by atoms with Gasteiger partial charge in [-0.1, -0.05) is 6.07 Å². The summed E-state index contributed by atoms with van der Waals surface area (Å²) in [5.41, 5.74) is 1.16. The SMILES string of the molecule is O=C(N1CC2(CC(OCc3cccnc3)CS2)C1)C12CC3CC(CC(C3)C1)C2. The van der Waals surface area contributed by atoms with Gasteiger partial charge in [-0.2, -0.15) is 0 Å². The molecule has 1 amide bonds. The molecular weight excluding hydrogens is 368 g/mol. The van der Waals surface area contributed by atoms with E-state index in [-0.39, 0.29) is 10.2 Å². The van der Waals surface area contributed by atoms with Crippen molar-refractivity contribution in [1.82, 2.24) is 9.88 Å². The molecule has 2 aliphatic heterocycles. The Hall–Kier alpha value is -1.07. The van der Waals surface area contributed by atoms with Gasteiger partial charge in [-0.3, -0.25) is 9.78 Å². The van der Waals surface area contributed by atoms with Crippen molar-refractivity contribution in [3.63, 3.8) is 0 Å². The van der Waals surface area contributed by atoms with Crippen LogP contribution < -0.4 is 0 Å². The van der Waals surface area contributed by atoms with Crippen LogP contribution >= 0.6 is 11.8 Å². The van der Waals surface area contributed by atoms with E-state index in [1.54, 1.807) is 6.20 Å². The largest absolute Gasteiger partial charge is 0.373 e. The molecule has 5 heteroatoms. The molecule has 0 aromatic carbocycles. The fraction of sp³-hybridized carbons (Fsp3) is 0.739. The molecule has 1 unspecified atom stereocenters. The standard InChI is InChI=1S/C23H30N2O2S/c26-21(22-7-17-4-18(8-22)6-19(5-17)9-22)25-14-23(15-25)10-20(13-28-23)27-12-16-2-1-3-24-11-16/h1-3,11,17-20H,4-10,12-15H2. The number of aromatic nitrogens is 1. The predicted octanol–water partition coefficient (Wildman–Crippen LogP) is 3.90. The first-order valence-corrected chi connectivity index (χ1v) is 12.0. The van der Waals surface area contributed by atoms with Crippen LogP contribution in [0.15, 0.2) is 24.5 Å². The highest BCUT2D eigenvalue weighted by Gasteiger charge is 2.59. The Balaban J connectivity index is 1.05. The number of ether oxygens (including phenoxy) is 1. The number of pyridine rings is 1. The number of likely N-dealkylation sites (tertiary alicyclic amines) is 1. The average molecular weight is 399 g/mol. The Morgan fingerprint density at radius 1 is 1.14 bits per heavy atom. The maximum absolute atomic E-state index is 13.5. The molecule has 6 aliphatic rings. The fourth-order valence-corrected chi connectivity index (χ4v) is 8.88. The number of amides is 1.